The zero-order valence-corrected chi connectivity index (χ0v) is 19.9. The smallest absolute Gasteiger partial charge is 0.406 e. The Labute approximate surface area is 208 Å². The molecule has 37 heavy (non-hydrogen) atoms. The van der Waals surface area contributed by atoms with Crippen LogP contribution >= 0.6 is 0 Å². The number of nitrogens with zero attached hydrogens (tertiary/aromatic N) is 5. The summed E-state index contributed by atoms with van der Waals surface area (Å²) in [6.45, 7) is 4.07. The van der Waals surface area contributed by atoms with Gasteiger partial charge in [-0.3, -0.25) is 4.79 Å². The number of fused-ring (bicyclic) bond motifs is 2. The van der Waals surface area contributed by atoms with Crippen LogP contribution in [0.5, 0.6) is 5.75 Å². The summed E-state index contributed by atoms with van der Waals surface area (Å²) in [6, 6.07) is 8.35. The van der Waals surface area contributed by atoms with Crippen molar-refractivity contribution in [3.63, 3.8) is 0 Å². The van der Waals surface area contributed by atoms with Crippen LogP contribution in [0.4, 0.5) is 29.1 Å². The van der Waals surface area contributed by atoms with Crippen LogP contribution in [-0.4, -0.2) is 38.6 Å². The fraction of sp³-hybridized carbons (Fsp3) is 0.280. The second-order valence-electron chi connectivity index (χ2n) is 8.94. The van der Waals surface area contributed by atoms with Crippen LogP contribution < -0.4 is 15.4 Å². The molecular weight excluding hydrogens is 492 g/mol. The molecule has 0 fully saturated rings. The van der Waals surface area contributed by atoms with Crippen molar-refractivity contribution >= 4 is 28.4 Å². The Morgan fingerprint density at radius 2 is 1.97 bits per heavy atom. The van der Waals surface area contributed by atoms with Crippen LogP contribution in [0.25, 0.3) is 22.3 Å². The van der Waals surface area contributed by atoms with Gasteiger partial charge in [0, 0.05) is 29.4 Å². The van der Waals surface area contributed by atoms with Gasteiger partial charge in [0.25, 0.3) is 0 Å². The fourth-order valence-electron chi connectivity index (χ4n) is 4.55. The normalized spacial score (nSPS) is 13.4. The van der Waals surface area contributed by atoms with Crippen molar-refractivity contribution in [3.8, 4) is 17.0 Å². The van der Waals surface area contributed by atoms with Crippen LogP contribution in [0.15, 0.2) is 42.7 Å². The lowest BCUT2D eigenvalue weighted by Gasteiger charge is -2.18. The molecule has 12 heteroatoms. The Balaban J connectivity index is 1.46. The third-order valence-electron chi connectivity index (χ3n) is 6.15. The number of rotatable bonds is 5. The van der Waals surface area contributed by atoms with Crippen molar-refractivity contribution < 1.29 is 27.1 Å². The van der Waals surface area contributed by atoms with E-state index in [2.05, 4.69) is 19.8 Å². The molecule has 192 valence electrons. The summed E-state index contributed by atoms with van der Waals surface area (Å²) in [4.78, 5) is 22.8. The van der Waals surface area contributed by atoms with Gasteiger partial charge in [-0.1, -0.05) is 12.1 Å². The van der Waals surface area contributed by atoms with Crippen molar-refractivity contribution in [2.45, 2.75) is 39.1 Å². The van der Waals surface area contributed by atoms with Gasteiger partial charge in [0.2, 0.25) is 5.91 Å². The lowest BCUT2D eigenvalue weighted by Crippen LogP contribution is -2.30. The molecule has 8 nitrogen and oxygen atoms in total. The average Bonchev–Trinajstić information content (AvgIpc) is 3.42. The third-order valence-corrected chi connectivity index (χ3v) is 6.15. The van der Waals surface area contributed by atoms with E-state index in [1.807, 2.05) is 13.8 Å². The van der Waals surface area contributed by atoms with Gasteiger partial charge in [0.05, 0.1) is 11.8 Å². The predicted molar refractivity (Wildman–Crippen MR) is 128 cm³/mol. The molecule has 0 spiro atoms. The van der Waals surface area contributed by atoms with E-state index >= 15 is 4.39 Å². The lowest BCUT2D eigenvalue weighted by atomic mass is 10.0. The number of carbonyl (C=O) groups excluding carboxylic acids is 1. The van der Waals surface area contributed by atoms with Gasteiger partial charge in [-0.05, 0) is 50.1 Å². The van der Waals surface area contributed by atoms with E-state index in [0.717, 1.165) is 12.1 Å². The highest BCUT2D eigenvalue weighted by molar-refractivity contribution is 6.00. The van der Waals surface area contributed by atoms with E-state index in [1.54, 1.807) is 10.7 Å². The molecule has 0 saturated heterocycles. The monoisotopic (exact) mass is 514 g/mol. The van der Waals surface area contributed by atoms with E-state index in [9.17, 15) is 18.0 Å². The molecule has 2 aromatic carbocycles. The SMILES string of the molecule is CC(C)n1nc(-c2ccc3c(c2F)CCN3C(=O)Cc2cccc(OC(F)(F)F)c2)c2c(N)ncnc21. The number of ether oxygens (including phenoxy) is 1. The van der Waals surface area contributed by atoms with Gasteiger partial charge >= 0.3 is 6.36 Å². The molecule has 0 atom stereocenters. The Morgan fingerprint density at radius 3 is 2.70 bits per heavy atom. The van der Waals surface area contributed by atoms with Crippen molar-refractivity contribution in [2.24, 2.45) is 0 Å². The molecule has 0 bridgehead atoms. The molecule has 2 aromatic heterocycles. The molecule has 4 aromatic rings. The van der Waals surface area contributed by atoms with Gasteiger partial charge in [-0.25, -0.2) is 19.0 Å². The zero-order valence-electron chi connectivity index (χ0n) is 19.9. The highest BCUT2D eigenvalue weighted by atomic mass is 19.4. The van der Waals surface area contributed by atoms with E-state index in [1.165, 1.54) is 29.4 Å². The standard InChI is InChI=1S/C25H22F4N6O2/c1-13(2)35-24-20(23(30)31-12-32-24)22(33-35)17-6-7-18-16(21(17)26)8-9-34(18)19(36)11-14-4-3-5-15(10-14)37-25(27,28)29/h3-7,10,12-13H,8-9,11H2,1-2H3,(H2,30,31,32). The zero-order chi connectivity index (χ0) is 26.5. The first-order valence-electron chi connectivity index (χ1n) is 11.5. The summed E-state index contributed by atoms with van der Waals surface area (Å²) in [5.74, 6) is -1.12. The summed E-state index contributed by atoms with van der Waals surface area (Å²) in [7, 11) is 0. The number of benzene rings is 2. The Morgan fingerprint density at radius 1 is 1.19 bits per heavy atom. The summed E-state index contributed by atoms with van der Waals surface area (Å²) < 4.78 is 59.0. The number of hydrogen-bond donors (Lipinski definition) is 1. The number of nitrogen functional groups attached to an aromatic ring is 1. The minimum Gasteiger partial charge on any atom is -0.406 e. The highest BCUT2D eigenvalue weighted by Gasteiger charge is 2.32. The Kier molecular flexibility index (Phi) is 5.97. The van der Waals surface area contributed by atoms with Crippen LogP contribution in [0, 0.1) is 5.82 Å². The molecule has 2 N–H and O–H groups in total. The van der Waals surface area contributed by atoms with Crippen LogP contribution in [0.3, 0.4) is 0 Å². The summed E-state index contributed by atoms with van der Waals surface area (Å²) in [6.07, 6.45) is -3.41. The van der Waals surface area contributed by atoms with E-state index in [4.69, 9.17) is 5.73 Å². The number of alkyl halides is 3. The first-order valence-corrected chi connectivity index (χ1v) is 11.5. The highest BCUT2D eigenvalue weighted by Crippen LogP contribution is 2.39. The maximum absolute atomic E-state index is 15.8. The quantitative estimate of drug-likeness (QED) is 0.383. The average molecular weight is 514 g/mol. The lowest BCUT2D eigenvalue weighted by molar-refractivity contribution is -0.274. The van der Waals surface area contributed by atoms with Gasteiger partial charge in [-0.2, -0.15) is 5.10 Å². The molecule has 3 heterocycles. The minimum atomic E-state index is -4.83. The Bertz CT molecular complexity index is 1520. The number of anilines is 2. The van der Waals surface area contributed by atoms with Crippen molar-refractivity contribution in [2.75, 3.05) is 17.2 Å². The number of halogens is 4. The number of amides is 1. The first kappa shape index (κ1) is 24.5. The van der Waals surface area contributed by atoms with E-state index in [-0.39, 0.29) is 42.7 Å². The fourth-order valence-corrected chi connectivity index (χ4v) is 4.55. The topological polar surface area (TPSA) is 99.2 Å². The second kappa shape index (κ2) is 9.02. The number of hydrogen-bond acceptors (Lipinski definition) is 6. The van der Waals surface area contributed by atoms with Gasteiger partial charge < -0.3 is 15.4 Å². The third kappa shape index (κ3) is 4.54. The number of aromatic nitrogens is 4. The molecule has 0 unspecified atom stereocenters. The molecule has 1 aliphatic rings. The van der Waals surface area contributed by atoms with E-state index in [0.29, 0.717) is 33.5 Å². The van der Waals surface area contributed by atoms with Crippen LogP contribution in [0.2, 0.25) is 0 Å². The number of nitrogens with two attached hydrogens (primary N) is 1. The van der Waals surface area contributed by atoms with Gasteiger partial charge in [0.1, 0.15) is 29.4 Å². The molecule has 1 amide bonds. The van der Waals surface area contributed by atoms with Gasteiger partial charge in [-0.15, -0.1) is 13.2 Å². The van der Waals surface area contributed by atoms with Crippen LogP contribution in [-0.2, 0) is 17.6 Å². The minimum absolute atomic E-state index is 0.0591. The molecule has 5 rings (SSSR count). The maximum Gasteiger partial charge on any atom is 0.573 e. The number of carbonyl (C=O) groups is 1. The molecule has 0 radical (unpaired) electrons. The molecule has 0 aliphatic carbocycles. The van der Waals surface area contributed by atoms with E-state index < -0.39 is 17.9 Å². The second-order valence-corrected chi connectivity index (χ2v) is 8.94. The molecule has 1 aliphatic heterocycles. The Hall–Kier alpha value is -4.22. The van der Waals surface area contributed by atoms with Crippen molar-refractivity contribution in [1.82, 2.24) is 19.7 Å². The summed E-state index contributed by atoms with van der Waals surface area (Å²) >= 11 is 0. The maximum atomic E-state index is 15.8. The van der Waals surface area contributed by atoms with Crippen molar-refractivity contribution in [3.05, 3.63) is 59.7 Å². The largest absolute Gasteiger partial charge is 0.573 e. The van der Waals surface area contributed by atoms with Gasteiger partial charge in [0.15, 0.2) is 5.65 Å². The van der Waals surface area contributed by atoms with Crippen LogP contribution in [0.1, 0.15) is 31.0 Å². The summed E-state index contributed by atoms with van der Waals surface area (Å²) in [5.41, 5.74) is 8.23. The van der Waals surface area contributed by atoms with Crippen molar-refractivity contribution in [1.29, 1.82) is 0 Å². The molecule has 0 saturated carbocycles. The first-order chi connectivity index (χ1) is 17.5. The summed E-state index contributed by atoms with van der Waals surface area (Å²) in [5, 5.41) is 5.02. The molecular formula is C25H22F4N6O2. The predicted octanol–water partition coefficient (Wildman–Crippen LogP) is 4.83.